The van der Waals surface area contributed by atoms with E-state index in [4.69, 9.17) is 5.73 Å². The lowest BCUT2D eigenvalue weighted by Crippen LogP contribution is -2.43. The van der Waals surface area contributed by atoms with Gasteiger partial charge in [0, 0.05) is 12.0 Å². The number of benzene rings is 1. The van der Waals surface area contributed by atoms with Crippen LogP contribution in [-0.4, -0.2) is 18.5 Å². The number of hydrogen-bond acceptors (Lipinski definition) is 2. The molecule has 0 aromatic heterocycles. The van der Waals surface area contributed by atoms with Crippen molar-refractivity contribution < 1.29 is 4.79 Å². The van der Waals surface area contributed by atoms with Crippen LogP contribution in [0.15, 0.2) is 24.3 Å². The zero-order valence-corrected chi connectivity index (χ0v) is 11.3. The summed E-state index contributed by atoms with van der Waals surface area (Å²) in [6.07, 6.45) is 5.22. The minimum absolute atomic E-state index is 0.122. The highest BCUT2D eigenvalue weighted by molar-refractivity contribution is 5.80. The zero-order chi connectivity index (χ0) is 13.2. The van der Waals surface area contributed by atoms with E-state index in [9.17, 15) is 4.79 Å². The number of amides is 1. The average Bonchev–Trinajstić information content (AvgIpc) is 3.03. The lowest BCUT2D eigenvalue weighted by molar-refractivity contribution is -0.125. The number of carbonyl (C=O) groups is 1. The molecule has 2 atom stereocenters. The summed E-state index contributed by atoms with van der Waals surface area (Å²) in [6.45, 7) is 0.690. The molecule has 0 spiro atoms. The normalized spacial score (nSPS) is 26.4. The fourth-order valence-corrected chi connectivity index (χ4v) is 3.55. The fourth-order valence-electron chi connectivity index (χ4n) is 3.55. The molecule has 1 amide bonds. The van der Waals surface area contributed by atoms with Crippen LogP contribution in [0.3, 0.4) is 0 Å². The van der Waals surface area contributed by atoms with Crippen LogP contribution >= 0.6 is 0 Å². The third kappa shape index (κ3) is 2.52. The van der Waals surface area contributed by atoms with Crippen molar-refractivity contribution in [2.75, 3.05) is 6.54 Å². The zero-order valence-electron chi connectivity index (χ0n) is 11.3. The van der Waals surface area contributed by atoms with Gasteiger partial charge in [-0.3, -0.25) is 4.79 Å². The van der Waals surface area contributed by atoms with Gasteiger partial charge in [0.1, 0.15) is 0 Å². The molecule has 1 aromatic carbocycles. The molecule has 3 rings (SSSR count). The molecule has 0 radical (unpaired) electrons. The summed E-state index contributed by atoms with van der Waals surface area (Å²) >= 11 is 0. The van der Waals surface area contributed by atoms with Crippen molar-refractivity contribution in [3.63, 3.8) is 0 Å². The number of hydrogen-bond donors (Lipinski definition) is 2. The Bertz CT molecular complexity index is 447. The quantitative estimate of drug-likeness (QED) is 0.866. The highest BCUT2D eigenvalue weighted by Gasteiger charge is 2.32. The minimum Gasteiger partial charge on any atom is -0.353 e. The van der Waals surface area contributed by atoms with E-state index in [1.54, 1.807) is 0 Å². The highest BCUT2D eigenvalue weighted by Crippen LogP contribution is 2.28. The van der Waals surface area contributed by atoms with Gasteiger partial charge in [0.05, 0.1) is 0 Å². The third-order valence-electron chi connectivity index (χ3n) is 4.71. The molecule has 102 valence electrons. The molecule has 3 nitrogen and oxygen atoms in total. The third-order valence-corrected chi connectivity index (χ3v) is 4.71. The van der Waals surface area contributed by atoms with Crippen molar-refractivity contribution in [1.82, 2.24) is 5.32 Å². The van der Waals surface area contributed by atoms with E-state index in [1.807, 2.05) is 0 Å². The van der Waals surface area contributed by atoms with Gasteiger partial charge in [0.15, 0.2) is 0 Å². The average molecular weight is 258 g/mol. The standard InChI is InChI=1S/C16H22N2O/c17-10-13-6-3-7-15(13)18-16(19)14-8-11-4-1-2-5-12(11)9-14/h1-2,4-5,13-15H,3,6-10,17H2,(H,18,19). The Hall–Kier alpha value is -1.35. The summed E-state index contributed by atoms with van der Waals surface area (Å²) in [5.41, 5.74) is 8.45. The van der Waals surface area contributed by atoms with Crippen LogP contribution in [0.4, 0.5) is 0 Å². The van der Waals surface area contributed by atoms with Crippen molar-refractivity contribution in [1.29, 1.82) is 0 Å². The SMILES string of the molecule is NCC1CCCC1NC(=O)C1Cc2ccccc2C1. The summed E-state index contributed by atoms with van der Waals surface area (Å²) in [5, 5.41) is 3.24. The summed E-state index contributed by atoms with van der Waals surface area (Å²) in [5.74, 6) is 0.825. The first kappa shape index (κ1) is 12.7. The molecule has 0 bridgehead atoms. The van der Waals surface area contributed by atoms with Crippen LogP contribution in [-0.2, 0) is 17.6 Å². The largest absolute Gasteiger partial charge is 0.353 e. The van der Waals surface area contributed by atoms with Crippen LogP contribution in [0.5, 0.6) is 0 Å². The van der Waals surface area contributed by atoms with Gasteiger partial charge in [-0.05, 0) is 49.3 Å². The maximum Gasteiger partial charge on any atom is 0.224 e. The number of nitrogens with two attached hydrogens (primary N) is 1. The molecule has 19 heavy (non-hydrogen) atoms. The minimum atomic E-state index is 0.122. The molecule has 2 unspecified atom stereocenters. The Morgan fingerprint density at radius 1 is 1.21 bits per heavy atom. The highest BCUT2D eigenvalue weighted by atomic mass is 16.1. The molecule has 2 aliphatic carbocycles. The molecule has 3 heteroatoms. The molecule has 1 aromatic rings. The van der Waals surface area contributed by atoms with Crippen LogP contribution in [0, 0.1) is 11.8 Å². The Morgan fingerprint density at radius 2 is 1.89 bits per heavy atom. The predicted molar refractivity (Wildman–Crippen MR) is 75.7 cm³/mol. The molecule has 1 fully saturated rings. The Labute approximate surface area is 114 Å². The van der Waals surface area contributed by atoms with Gasteiger partial charge >= 0.3 is 0 Å². The van der Waals surface area contributed by atoms with Crippen LogP contribution in [0.1, 0.15) is 30.4 Å². The summed E-state index contributed by atoms with van der Waals surface area (Å²) in [6, 6.07) is 8.70. The number of rotatable bonds is 3. The fraction of sp³-hybridized carbons (Fsp3) is 0.562. The monoisotopic (exact) mass is 258 g/mol. The van der Waals surface area contributed by atoms with E-state index in [0.29, 0.717) is 18.5 Å². The van der Waals surface area contributed by atoms with Crippen LogP contribution in [0.25, 0.3) is 0 Å². The van der Waals surface area contributed by atoms with Gasteiger partial charge in [-0.2, -0.15) is 0 Å². The van der Waals surface area contributed by atoms with Gasteiger partial charge in [-0.15, -0.1) is 0 Å². The van der Waals surface area contributed by atoms with Crippen molar-refractivity contribution in [3.05, 3.63) is 35.4 Å². The molecule has 3 N–H and O–H groups in total. The smallest absolute Gasteiger partial charge is 0.224 e. The first-order valence-corrected chi connectivity index (χ1v) is 7.35. The lowest BCUT2D eigenvalue weighted by Gasteiger charge is -2.21. The predicted octanol–water partition coefficient (Wildman–Crippen LogP) is 1.64. The second-order valence-corrected chi connectivity index (χ2v) is 5.92. The maximum atomic E-state index is 12.4. The Balaban J connectivity index is 1.61. The second-order valence-electron chi connectivity index (χ2n) is 5.92. The van der Waals surface area contributed by atoms with Gasteiger partial charge < -0.3 is 11.1 Å². The van der Waals surface area contributed by atoms with Gasteiger partial charge in [-0.1, -0.05) is 30.7 Å². The van der Waals surface area contributed by atoms with E-state index < -0.39 is 0 Å². The van der Waals surface area contributed by atoms with E-state index >= 15 is 0 Å². The summed E-state index contributed by atoms with van der Waals surface area (Å²) < 4.78 is 0. The molecule has 0 aliphatic heterocycles. The number of carbonyl (C=O) groups excluding carboxylic acids is 1. The molecule has 2 aliphatic rings. The number of fused-ring (bicyclic) bond motifs is 1. The molecule has 0 heterocycles. The van der Waals surface area contributed by atoms with Crippen molar-refractivity contribution in [2.45, 2.75) is 38.1 Å². The van der Waals surface area contributed by atoms with Crippen molar-refractivity contribution >= 4 is 5.91 Å². The van der Waals surface area contributed by atoms with Crippen LogP contribution in [0.2, 0.25) is 0 Å². The van der Waals surface area contributed by atoms with Gasteiger partial charge in [-0.25, -0.2) is 0 Å². The summed E-state index contributed by atoms with van der Waals surface area (Å²) in [7, 11) is 0. The first-order valence-electron chi connectivity index (χ1n) is 7.35. The van der Waals surface area contributed by atoms with Gasteiger partial charge in [0.25, 0.3) is 0 Å². The van der Waals surface area contributed by atoms with Crippen molar-refractivity contribution in [3.8, 4) is 0 Å². The van der Waals surface area contributed by atoms with E-state index in [1.165, 1.54) is 17.5 Å². The van der Waals surface area contributed by atoms with Crippen LogP contribution < -0.4 is 11.1 Å². The van der Waals surface area contributed by atoms with Gasteiger partial charge in [0.2, 0.25) is 5.91 Å². The van der Waals surface area contributed by atoms with E-state index in [-0.39, 0.29) is 11.8 Å². The molecular weight excluding hydrogens is 236 g/mol. The summed E-state index contributed by atoms with van der Waals surface area (Å²) in [4.78, 5) is 12.4. The second kappa shape index (κ2) is 5.33. The lowest BCUT2D eigenvalue weighted by atomic mass is 10.0. The maximum absolute atomic E-state index is 12.4. The van der Waals surface area contributed by atoms with Crippen molar-refractivity contribution in [2.24, 2.45) is 17.6 Å². The molecule has 0 saturated heterocycles. The first-order chi connectivity index (χ1) is 9.28. The Morgan fingerprint density at radius 3 is 2.53 bits per heavy atom. The van der Waals surface area contributed by atoms with E-state index in [0.717, 1.165) is 25.7 Å². The topological polar surface area (TPSA) is 55.1 Å². The number of nitrogens with one attached hydrogen (secondary N) is 1. The Kier molecular flexibility index (Phi) is 3.56. The molecular formula is C16H22N2O. The molecule has 1 saturated carbocycles. The van der Waals surface area contributed by atoms with E-state index in [2.05, 4.69) is 29.6 Å².